The number of carbonyl (C=O) groups excluding carboxylic acids is 1. The second-order valence-electron chi connectivity index (χ2n) is 5.85. The maximum atomic E-state index is 12.3. The van der Waals surface area contributed by atoms with Crippen LogP contribution in [0.4, 0.5) is 0 Å². The van der Waals surface area contributed by atoms with Gasteiger partial charge in [0.1, 0.15) is 0 Å². The van der Waals surface area contributed by atoms with Crippen molar-refractivity contribution in [3.8, 4) is 0 Å². The summed E-state index contributed by atoms with van der Waals surface area (Å²) in [6.07, 6.45) is 2.65. The van der Waals surface area contributed by atoms with E-state index < -0.39 is 0 Å². The summed E-state index contributed by atoms with van der Waals surface area (Å²) in [6.45, 7) is 6.68. The largest absolute Gasteiger partial charge is 0.348 e. The lowest BCUT2D eigenvalue weighted by Crippen LogP contribution is -2.49. The normalized spacial score (nSPS) is 22.0. The monoisotopic (exact) mass is 337 g/mol. The SMILES string of the molecule is CC1CN=C(N2CCN(C(=O)CCCc3cccs3)CC2)S1. The molecule has 0 bridgehead atoms. The zero-order valence-electron chi connectivity index (χ0n) is 13.0. The number of aryl methyl sites for hydroxylation is 1. The molecule has 1 aromatic heterocycles. The summed E-state index contributed by atoms with van der Waals surface area (Å²) in [5.74, 6) is 0.311. The van der Waals surface area contributed by atoms with Crippen LogP contribution in [0.15, 0.2) is 22.5 Å². The van der Waals surface area contributed by atoms with Crippen LogP contribution in [-0.2, 0) is 11.2 Å². The maximum absolute atomic E-state index is 12.3. The van der Waals surface area contributed by atoms with Gasteiger partial charge < -0.3 is 9.80 Å². The molecule has 1 fully saturated rings. The molecular weight excluding hydrogens is 314 g/mol. The molecule has 1 unspecified atom stereocenters. The van der Waals surface area contributed by atoms with E-state index in [9.17, 15) is 4.79 Å². The smallest absolute Gasteiger partial charge is 0.222 e. The second kappa shape index (κ2) is 7.51. The van der Waals surface area contributed by atoms with E-state index in [4.69, 9.17) is 0 Å². The van der Waals surface area contributed by atoms with Gasteiger partial charge in [-0.3, -0.25) is 9.79 Å². The lowest BCUT2D eigenvalue weighted by atomic mass is 10.2. The van der Waals surface area contributed by atoms with Gasteiger partial charge in [-0.1, -0.05) is 24.8 Å². The number of piperazine rings is 1. The minimum atomic E-state index is 0.311. The van der Waals surface area contributed by atoms with Crippen LogP contribution in [0.3, 0.4) is 0 Å². The van der Waals surface area contributed by atoms with Crippen molar-refractivity contribution in [3.05, 3.63) is 22.4 Å². The number of thioether (sulfide) groups is 1. The van der Waals surface area contributed by atoms with Crippen molar-refractivity contribution in [2.24, 2.45) is 4.99 Å². The zero-order valence-corrected chi connectivity index (χ0v) is 14.7. The average Bonchev–Trinajstić information content (AvgIpc) is 3.19. The summed E-state index contributed by atoms with van der Waals surface area (Å²) >= 11 is 3.65. The summed E-state index contributed by atoms with van der Waals surface area (Å²) in [5, 5.41) is 3.88. The minimum absolute atomic E-state index is 0.311. The summed E-state index contributed by atoms with van der Waals surface area (Å²) < 4.78 is 0. The van der Waals surface area contributed by atoms with Crippen LogP contribution in [-0.4, -0.2) is 58.8 Å². The van der Waals surface area contributed by atoms with Gasteiger partial charge in [0.25, 0.3) is 0 Å². The van der Waals surface area contributed by atoms with Crippen molar-refractivity contribution < 1.29 is 4.79 Å². The number of nitrogens with zero attached hydrogens (tertiary/aromatic N) is 3. The molecule has 1 saturated heterocycles. The van der Waals surface area contributed by atoms with Crippen molar-refractivity contribution >= 4 is 34.2 Å². The number of amidine groups is 1. The van der Waals surface area contributed by atoms with E-state index in [1.807, 2.05) is 16.7 Å². The minimum Gasteiger partial charge on any atom is -0.348 e. The molecule has 1 atom stereocenters. The standard InChI is InChI=1S/C16H23N3OS2/c1-13-12-17-16(22-13)19-9-7-18(8-10-19)15(20)6-2-4-14-5-3-11-21-14/h3,5,11,13H,2,4,6-10,12H2,1H3. The number of amides is 1. The number of hydrogen-bond donors (Lipinski definition) is 0. The molecule has 120 valence electrons. The van der Waals surface area contributed by atoms with E-state index in [0.717, 1.165) is 45.6 Å². The molecule has 1 aromatic rings. The number of carbonyl (C=O) groups is 1. The molecule has 0 N–H and O–H groups in total. The Kier molecular flexibility index (Phi) is 5.41. The van der Waals surface area contributed by atoms with Gasteiger partial charge in [0.05, 0.1) is 6.54 Å². The first kappa shape index (κ1) is 15.9. The van der Waals surface area contributed by atoms with Gasteiger partial charge >= 0.3 is 0 Å². The lowest BCUT2D eigenvalue weighted by molar-refractivity contribution is -0.132. The van der Waals surface area contributed by atoms with Crippen LogP contribution < -0.4 is 0 Å². The third-order valence-corrected chi connectivity index (χ3v) is 6.17. The Hall–Kier alpha value is -1.01. The molecule has 0 aliphatic carbocycles. The molecular formula is C16H23N3OS2. The summed E-state index contributed by atoms with van der Waals surface area (Å²) in [6, 6.07) is 4.22. The van der Waals surface area contributed by atoms with Gasteiger partial charge in [-0.2, -0.15) is 0 Å². The van der Waals surface area contributed by atoms with Crippen LogP contribution in [0, 0.1) is 0 Å². The Morgan fingerprint density at radius 2 is 2.18 bits per heavy atom. The predicted octanol–water partition coefficient (Wildman–Crippen LogP) is 2.71. The van der Waals surface area contributed by atoms with Gasteiger partial charge in [-0.25, -0.2) is 0 Å². The Labute approximate surface area is 140 Å². The molecule has 22 heavy (non-hydrogen) atoms. The fraction of sp³-hybridized carbons (Fsp3) is 0.625. The van der Waals surface area contributed by atoms with Crippen molar-refractivity contribution in [2.75, 3.05) is 32.7 Å². The topological polar surface area (TPSA) is 35.9 Å². The van der Waals surface area contributed by atoms with Crippen LogP contribution >= 0.6 is 23.1 Å². The molecule has 0 saturated carbocycles. The second-order valence-corrected chi connectivity index (χ2v) is 8.29. The summed E-state index contributed by atoms with van der Waals surface area (Å²) in [5.41, 5.74) is 0. The van der Waals surface area contributed by atoms with Crippen molar-refractivity contribution in [2.45, 2.75) is 31.4 Å². The highest BCUT2D eigenvalue weighted by Crippen LogP contribution is 2.23. The van der Waals surface area contributed by atoms with Crippen molar-refractivity contribution in [1.82, 2.24) is 9.80 Å². The maximum Gasteiger partial charge on any atom is 0.222 e. The molecule has 0 spiro atoms. The zero-order chi connectivity index (χ0) is 15.4. The van der Waals surface area contributed by atoms with Crippen LogP contribution in [0.2, 0.25) is 0 Å². The van der Waals surface area contributed by atoms with Crippen LogP contribution in [0.5, 0.6) is 0 Å². The van der Waals surface area contributed by atoms with Gasteiger partial charge in [0.15, 0.2) is 5.17 Å². The molecule has 6 heteroatoms. The Bertz CT molecular complexity index is 522. The van der Waals surface area contributed by atoms with Gasteiger partial charge in [0.2, 0.25) is 5.91 Å². The van der Waals surface area contributed by atoms with E-state index in [0.29, 0.717) is 17.6 Å². The first-order chi connectivity index (χ1) is 10.7. The quantitative estimate of drug-likeness (QED) is 0.847. The molecule has 1 amide bonds. The third-order valence-electron chi connectivity index (χ3n) is 4.09. The van der Waals surface area contributed by atoms with E-state index >= 15 is 0 Å². The highest BCUT2D eigenvalue weighted by Gasteiger charge is 2.26. The fourth-order valence-electron chi connectivity index (χ4n) is 2.81. The fourth-order valence-corrected chi connectivity index (χ4v) is 4.55. The van der Waals surface area contributed by atoms with Crippen LogP contribution in [0.25, 0.3) is 0 Å². The number of hydrogen-bond acceptors (Lipinski definition) is 5. The van der Waals surface area contributed by atoms with E-state index in [-0.39, 0.29) is 0 Å². The van der Waals surface area contributed by atoms with E-state index in [1.165, 1.54) is 10.0 Å². The average molecular weight is 338 g/mol. The lowest BCUT2D eigenvalue weighted by Gasteiger charge is -2.35. The molecule has 3 rings (SSSR count). The first-order valence-corrected chi connectivity index (χ1v) is 9.74. The number of rotatable bonds is 4. The van der Waals surface area contributed by atoms with E-state index in [2.05, 4.69) is 34.3 Å². The molecule has 0 radical (unpaired) electrons. The van der Waals surface area contributed by atoms with Gasteiger partial charge in [-0.05, 0) is 24.3 Å². The third kappa shape index (κ3) is 4.04. The first-order valence-electron chi connectivity index (χ1n) is 7.98. The number of thiophene rings is 1. The molecule has 2 aliphatic heterocycles. The van der Waals surface area contributed by atoms with Crippen molar-refractivity contribution in [1.29, 1.82) is 0 Å². The molecule has 3 heterocycles. The Morgan fingerprint density at radius 3 is 2.82 bits per heavy atom. The predicted molar refractivity (Wildman–Crippen MR) is 94.8 cm³/mol. The van der Waals surface area contributed by atoms with Crippen LogP contribution in [0.1, 0.15) is 24.6 Å². The number of aliphatic imine (C=N–C) groups is 1. The summed E-state index contributed by atoms with van der Waals surface area (Å²) in [7, 11) is 0. The van der Waals surface area contributed by atoms with Gasteiger partial charge in [-0.15, -0.1) is 11.3 Å². The highest BCUT2D eigenvalue weighted by molar-refractivity contribution is 8.14. The molecule has 4 nitrogen and oxygen atoms in total. The molecule has 0 aromatic carbocycles. The molecule has 2 aliphatic rings. The van der Waals surface area contributed by atoms with Gasteiger partial charge in [0, 0.05) is 42.7 Å². The van der Waals surface area contributed by atoms with E-state index in [1.54, 1.807) is 11.3 Å². The Morgan fingerprint density at radius 1 is 1.36 bits per heavy atom. The Balaban J connectivity index is 1.38. The summed E-state index contributed by atoms with van der Waals surface area (Å²) in [4.78, 5) is 22.6. The van der Waals surface area contributed by atoms with Crippen molar-refractivity contribution in [3.63, 3.8) is 0 Å². The highest BCUT2D eigenvalue weighted by atomic mass is 32.2.